The van der Waals surface area contributed by atoms with Crippen LogP contribution in [0.5, 0.6) is 11.5 Å². The molecule has 0 amide bonds. The predicted octanol–water partition coefficient (Wildman–Crippen LogP) is 1.63. The van der Waals surface area contributed by atoms with Gasteiger partial charge >= 0.3 is 0 Å². The minimum atomic E-state index is 0.764. The van der Waals surface area contributed by atoms with E-state index in [1.165, 1.54) is 10.9 Å². The standard InChI is InChI=1S/C16H23N3O2/c1-20-15-9-13-12(3-6-19-7-4-17-5-8-19)11-18-14(13)10-16(15)21-2/h9-11,17-18H,3-8H2,1-2H3. The summed E-state index contributed by atoms with van der Waals surface area (Å²) in [5.41, 5.74) is 2.44. The van der Waals surface area contributed by atoms with Crippen molar-refractivity contribution in [2.75, 3.05) is 46.9 Å². The van der Waals surface area contributed by atoms with Crippen molar-refractivity contribution in [1.29, 1.82) is 0 Å². The summed E-state index contributed by atoms with van der Waals surface area (Å²) >= 11 is 0. The number of H-pyrrole nitrogens is 1. The summed E-state index contributed by atoms with van der Waals surface area (Å²) in [4.78, 5) is 5.85. The van der Waals surface area contributed by atoms with Gasteiger partial charge in [-0.15, -0.1) is 0 Å². The highest BCUT2D eigenvalue weighted by atomic mass is 16.5. The number of hydrogen-bond acceptors (Lipinski definition) is 4. The largest absolute Gasteiger partial charge is 0.493 e. The van der Waals surface area contributed by atoms with Gasteiger partial charge < -0.3 is 24.7 Å². The first-order valence-corrected chi connectivity index (χ1v) is 7.47. The molecular formula is C16H23N3O2. The Morgan fingerprint density at radius 2 is 1.81 bits per heavy atom. The van der Waals surface area contributed by atoms with Gasteiger partial charge in [-0.25, -0.2) is 0 Å². The van der Waals surface area contributed by atoms with Crippen LogP contribution in [0.25, 0.3) is 10.9 Å². The lowest BCUT2D eigenvalue weighted by Gasteiger charge is -2.26. The molecule has 1 fully saturated rings. The molecule has 0 saturated carbocycles. The quantitative estimate of drug-likeness (QED) is 0.878. The van der Waals surface area contributed by atoms with Gasteiger partial charge in [-0.2, -0.15) is 0 Å². The molecule has 114 valence electrons. The lowest BCUT2D eigenvalue weighted by atomic mass is 10.1. The van der Waals surface area contributed by atoms with Crippen LogP contribution in [0.2, 0.25) is 0 Å². The van der Waals surface area contributed by atoms with Gasteiger partial charge in [0.25, 0.3) is 0 Å². The van der Waals surface area contributed by atoms with E-state index in [9.17, 15) is 0 Å². The Kier molecular flexibility index (Phi) is 4.31. The van der Waals surface area contributed by atoms with Crippen molar-refractivity contribution in [2.24, 2.45) is 0 Å². The maximum atomic E-state index is 5.41. The van der Waals surface area contributed by atoms with Gasteiger partial charge in [0.05, 0.1) is 14.2 Å². The Hall–Kier alpha value is -1.72. The Morgan fingerprint density at radius 1 is 1.10 bits per heavy atom. The van der Waals surface area contributed by atoms with E-state index in [-0.39, 0.29) is 0 Å². The number of methoxy groups -OCH3 is 2. The van der Waals surface area contributed by atoms with E-state index in [0.29, 0.717) is 0 Å². The van der Waals surface area contributed by atoms with E-state index < -0.39 is 0 Å². The molecule has 3 rings (SSSR count). The van der Waals surface area contributed by atoms with Crippen molar-refractivity contribution in [3.63, 3.8) is 0 Å². The van der Waals surface area contributed by atoms with Crippen LogP contribution in [0.4, 0.5) is 0 Å². The van der Waals surface area contributed by atoms with Crippen LogP contribution in [0, 0.1) is 0 Å². The number of fused-ring (bicyclic) bond motifs is 1. The highest BCUT2D eigenvalue weighted by Gasteiger charge is 2.13. The van der Waals surface area contributed by atoms with Gasteiger partial charge in [-0.1, -0.05) is 0 Å². The molecule has 1 aliphatic heterocycles. The first kappa shape index (κ1) is 14.2. The smallest absolute Gasteiger partial charge is 0.162 e. The second-order valence-electron chi connectivity index (χ2n) is 5.41. The lowest BCUT2D eigenvalue weighted by molar-refractivity contribution is 0.244. The molecule has 0 spiro atoms. The SMILES string of the molecule is COc1cc2[nH]cc(CCN3CCNCC3)c2cc1OC. The van der Waals surface area contributed by atoms with Gasteiger partial charge in [-0.05, 0) is 18.1 Å². The number of ether oxygens (including phenoxy) is 2. The van der Waals surface area contributed by atoms with Crippen molar-refractivity contribution in [3.05, 3.63) is 23.9 Å². The number of nitrogens with one attached hydrogen (secondary N) is 2. The van der Waals surface area contributed by atoms with Crippen molar-refractivity contribution < 1.29 is 9.47 Å². The summed E-state index contributed by atoms with van der Waals surface area (Å²) in [7, 11) is 3.34. The molecule has 0 atom stereocenters. The number of rotatable bonds is 5. The maximum Gasteiger partial charge on any atom is 0.162 e. The predicted molar refractivity (Wildman–Crippen MR) is 84.4 cm³/mol. The monoisotopic (exact) mass is 289 g/mol. The van der Waals surface area contributed by atoms with E-state index in [4.69, 9.17) is 9.47 Å². The average molecular weight is 289 g/mol. The van der Waals surface area contributed by atoms with Crippen LogP contribution < -0.4 is 14.8 Å². The maximum absolute atomic E-state index is 5.41. The Labute approximate surface area is 125 Å². The minimum absolute atomic E-state index is 0.764. The average Bonchev–Trinajstić information content (AvgIpc) is 2.94. The topological polar surface area (TPSA) is 49.5 Å². The summed E-state index contributed by atoms with van der Waals surface area (Å²) in [6, 6.07) is 4.07. The van der Waals surface area contributed by atoms with Crippen molar-refractivity contribution in [2.45, 2.75) is 6.42 Å². The van der Waals surface area contributed by atoms with Gasteiger partial charge in [-0.3, -0.25) is 0 Å². The molecule has 5 heteroatoms. The third-order valence-electron chi connectivity index (χ3n) is 4.18. The van der Waals surface area contributed by atoms with Gasteiger partial charge in [0.2, 0.25) is 0 Å². The fraction of sp³-hybridized carbons (Fsp3) is 0.500. The summed E-state index contributed by atoms with van der Waals surface area (Å²) in [5, 5.41) is 4.61. The number of aromatic nitrogens is 1. The Balaban J connectivity index is 1.78. The van der Waals surface area contributed by atoms with E-state index in [1.807, 2.05) is 6.07 Å². The van der Waals surface area contributed by atoms with E-state index in [1.54, 1.807) is 14.2 Å². The first-order valence-electron chi connectivity index (χ1n) is 7.47. The van der Waals surface area contributed by atoms with Crippen molar-refractivity contribution in [1.82, 2.24) is 15.2 Å². The van der Waals surface area contributed by atoms with Gasteiger partial charge in [0.15, 0.2) is 11.5 Å². The van der Waals surface area contributed by atoms with Crippen LogP contribution in [-0.4, -0.2) is 56.8 Å². The fourth-order valence-corrected chi connectivity index (χ4v) is 2.93. The van der Waals surface area contributed by atoms with Crippen molar-refractivity contribution in [3.8, 4) is 11.5 Å². The Morgan fingerprint density at radius 3 is 2.52 bits per heavy atom. The van der Waals surface area contributed by atoms with E-state index in [0.717, 1.165) is 56.2 Å². The Bertz CT molecular complexity index is 603. The molecule has 1 aliphatic rings. The number of hydrogen-bond donors (Lipinski definition) is 2. The van der Waals surface area contributed by atoms with Gasteiger partial charge in [0, 0.05) is 55.9 Å². The summed E-state index contributed by atoms with van der Waals surface area (Å²) in [6.45, 7) is 5.57. The zero-order chi connectivity index (χ0) is 14.7. The highest BCUT2D eigenvalue weighted by Crippen LogP contribution is 2.33. The molecule has 0 unspecified atom stereocenters. The normalized spacial score (nSPS) is 16.3. The number of piperazine rings is 1. The molecule has 0 aliphatic carbocycles. The molecule has 2 aromatic rings. The van der Waals surface area contributed by atoms with Crippen LogP contribution >= 0.6 is 0 Å². The van der Waals surface area contributed by atoms with Crippen molar-refractivity contribution >= 4 is 10.9 Å². The molecule has 1 aromatic heterocycles. The molecule has 0 bridgehead atoms. The molecule has 0 radical (unpaired) electrons. The van der Waals surface area contributed by atoms with Crippen LogP contribution in [-0.2, 0) is 6.42 Å². The summed E-state index contributed by atoms with van der Waals surface area (Å²) in [6.07, 6.45) is 3.15. The third-order valence-corrected chi connectivity index (χ3v) is 4.18. The summed E-state index contributed by atoms with van der Waals surface area (Å²) < 4.78 is 10.8. The number of aromatic amines is 1. The highest BCUT2D eigenvalue weighted by molar-refractivity contribution is 5.86. The minimum Gasteiger partial charge on any atom is -0.493 e. The number of nitrogens with zero attached hydrogens (tertiary/aromatic N) is 1. The lowest BCUT2D eigenvalue weighted by Crippen LogP contribution is -2.44. The van der Waals surface area contributed by atoms with Gasteiger partial charge in [0.1, 0.15) is 0 Å². The molecule has 5 nitrogen and oxygen atoms in total. The molecule has 2 N–H and O–H groups in total. The zero-order valence-corrected chi connectivity index (χ0v) is 12.7. The van der Waals surface area contributed by atoms with E-state index >= 15 is 0 Å². The van der Waals surface area contributed by atoms with Crippen LogP contribution in [0.1, 0.15) is 5.56 Å². The first-order chi connectivity index (χ1) is 10.3. The van der Waals surface area contributed by atoms with E-state index in [2.05, 4.69) is 27.5 Å². The van der Waals surface area contributed by atoms with Crippen LogP contribution in [0.15, 0.2) is 18.3 Å². The molecule has 1 aromatic carbocycles. The molecular weight excluding hydrogens is 266 g/mol. The fourth-order valence-electron chi connectivity index (χ4n) is 2.93. The second-order valence-corrected chi connectivity index (χ2v) is 5.41. The zero-order valence-electron chi connectivity index (χ0n) is 12.7. The molecule has 1 saturated heterocycles. The van der Waals surface area contributed by atoms with Crippen LogP contribution in [0.3, 0.4) is 0 Å². The molecule has 21 heavy (non-hydrogen) atoms. The third kappa shape index (κ3) is 2.99. The summed E-state index contributed by atoms with van der Waals surface area (Å²) in [5.74, 6) is 1.55. The molecule has 2 heterocycles. The second kappa shape index (κ2) is 6.37. The number of benzene rings is 1.